The highest BCUT2D eigenvalue weighted by molar-refractivity contribution is 8.00. The van der Waals surface area contributed by atoms with Gasteiger partial charge in [0.15, 0.2) is 0 Å². The third-order valence-electron chi connectivity index (χ3n) is 1.37. The van der Waals surface area contributed by atoms with Crippen molar-refractivity contribution in [2.75, 3.05) is 18.6 Å². The van der Waals surface area contributed by atoms with Gasteiger partial charge in [-0.15, -0.1) is 11.8 Å². The number of nitrogens with two attached hydrogens (primary N) is 1. The molecule has 0 saturated heterocycles. The largest absolute Gasteiger partial charge is 0.369 e. The molecule has 70 valence electrons. The van der Waals surface area contributed by atoms with E-state index in [1.165, 1.54) is 18.7 Å². The first-order valence-corrected chi connectivity index (χ1v) is 4.77. The van der Waals surface area contributed by atoms with Crippen LogP contribution in [-0.4, -0.2) is 36.3 Å². The summed E-state index contributed by atoms with van der Waals surface area (Å²) in [5.41, 5.74) is 4.93. The number of carbonyl (C=O) groups is 2. The summed E-state index contributed by atoms with van der Waals surface area (Å²) in [6.45, 7) is 1.52. The van der Waals surface area contributed by atoms with Gasteiger partial charge in [-0.25, -0.2) is 0 Å². The molecular weight excluding hydrogens is 176 g/mol. The van der Waals surface area contributed by atoms with Gasteiger partial charge in [0.05, 0.1) is 11.8 Å². The van der Waals surface area contributed by atoms with Crippen molar-refractivity contribution in [3.8, 4) is 0 Å². The third-order valence-corrected chi connectivity index (χ3v) is 2.43. The molecule has 0 heterocycles. The first kappa shape index (κ1) is 11.4. The van der Waals surface area contributed by atoms with Crippen LogP contribution in [-0.2, 0) is 9.59 Å². The Morgan fingerprint density at radius 1 is 1.58 bits per heavy atom. The number of nitrogens with one attached hydrogen (secondary N) is 1. The van der Waals surface area contributed by atoms with Crippen molar-refractivity contribution in [3.63, 3.8) is 0 Å². The van der Waals surface area contributed by atoms with Gasteiger partial charge < -0.3 is 11.1 Å². The first-order chi connectivity index (χ1) is 5.57. The average molecular weight is 190 g/mol. The summed E-state index contributed by atoms with van der Waals surface area (Å²) >= 11 is 1.36. The van der Waals surface area contributed by atoms with E-state index in [0.29, 0.717) is 5.75 Å². The Hall–Kier alpha value is -0.550. The standard InChI is InChI=1S/C7H14N2O2S/c1-5(10)6(9-2)3-12-4-7(8)11/h6,9H,3-4H2,1-2H3,(H2,8,11). The maximum Gasteiger partial charge on any atom is 0.227 e. The molecular formula is C7H14N2O2S. The molecule has 0 spiro atoms. The zero-order valence-corrected chi connectivity index (χ0v) is 8.11. The van der Waals surface area contributed by atoms with E-state index in [2.05, 4.69) is 5.32 Å². The highest BCUT2D eigenvalue weighted by Crippen LogP contribution is 2.02. The molecule has 12 heavy (non-hydrogen) atoms. The van der Waals surface area contributed by atoms with E-state index in [0.717, 1.165) is 0 Å². The lowest BCUT2D eigenvalue weighted by Gasteiger charge is -2.10. The average Bonchev–Trinajstić information content (AvgIpc) is 1.96. The monoisotopic (exact) mass is 190 g/mol. The Morgan fingerprint density at radius 2 is 2.17 bits per heavy atom. The molecule has 4 nitrogen and oxygen atoms in total. The second kappa shape index (κ2) is 6.02. The number of amides is 1. The van der Waals surface area contributed by atoms with Gasteiger partial charge in [-0.3, -0.25) is 9.59 Å². The van der Waals surface area contributed by atoms with E-state index in [4.69, 9.17) is 5.73 Å². The fourth-order valence-electron chi connectivity index (χ4n) is 0.681. The number of hydrogen-bond acceptors (Lipinski definition) is 4. The molecule has 0 aliphatic heterocycles. The number of hydrogen-bond donors (Lipinski definition) is 2. The van der Waals surface area contributed by atoms with Crippen molar-refractivity contribution < 1.29 is 9.59 Å². The van der Waals surface area contributed by atoms with Crippen LogP contribution in [0.15, 0.2) is 0 Å². The summed E-state index contributed by atoms with van der Waals surface area (Å²) in [6.07, 6.45) is 0. The van der Waals surface area contributed by atoms with Gasteiger partial charge in [-0.1, -0.05) is 0 Å². The van der Waals surface area contributed by atoms with Crippen LogP contribution in [0.25, 0.3) is 0 Å². The summed E-state index contributed by atoms with van der Waals surface area (Å²) in [5.74, 6) is 0.591. The quantitative estimate of drug-likeness (QED) is 0.585. The minimum absolute atomic E-state index is 0.0782. The topological polar surface area (TPSA) is 72.2 Å². The summed E-state index contributed by atoms with van der Waals surface area (Å²) < 4.78 is 0. The Morgan fingerprint density at radius 3 is 2.50 bits per heavy atom. The lowest BCUT2D eigenvalue weighted by atomic mass is 10.2. The van der Waals surface area contributed by atoms with Gasteiger partial charge >= 0.3 is 0 Å². The highest BCUT2D eigenvalue weighted by atomic mass is 32.2. The molecule has 0 aromatic carbocycles. The minimum Gasteiger partial charge on any atom is -0.369 e. The van der Waals surface area contributed by atoms with E-state index in [9.17, 15) is 9.59 Å². The van der Waals surface area contributed by atoms with Crippen molar-refractivity contribution in [1.29, 1.82) is 0 Å². The predicted octanol–water partition coefficient (Wildman–Crippen LogP) is -0.618. The number of ketones is 1. The molecule has 5 heteroatoms. The number of likely N-dealkylation sites (N-methyl/N-ethyl adjacent to an activating group) is 1. The van der Waals surface area contributed by atoms with E-state index in [1.807, 2.05) is 0 Å². The third kappa shape index (κ3) is 5.15. The molecule has 0 aromatic rings. The first-order valence-electron chi connectivity index (χ1n) is 3.61. The summed E-state index contributed by atoms with van der Waals surface area (Å²) in [5, 5.41) is 2.85. The smallest absolute Gasteiger partial charge is 0.227 e. The van der Waals surface area contributed by atoms with Crippen molar-refractivity contribution in [1.82, 2.24) is 5.32 Å². The van der Waals surface area contributed by atoms with Gasteiger partial charge in [-0.2, -0.15) is 0 Å². The van der Waals surface area contributed by atoms with Crippen LogP contribution in [0.5, 0.6) is 0 Å². The lowest BCUT2D eigenvalue weighted by molar-refractivity contribution is -0.118. The molecule has 1 unspecified atom stereocenters. The van der Waals surface area contributed by atoms with E-state index in [1.54, 1.807) is 7.05 Å². The van der Waals surface area contributed by atoms with Gasteiger partial charge in [0.1, 0.15) is 5.78 Å². The number of thioether (sulfide) groups is 1. The van der Waals surface area contributed by atoms with Gasteiger partial charge in [-0.05, 0) is 14.0 Å². The SMILES string of the molecule is CNC(CSCC(N)=O)C(C)=O. The fraction of sp³-hybridized carbons (Fsp3) is 0.714. The molecule has 0 bridgehead atoms. The maximum atomic E-state index is 10.9. The Balaban J connectivity index is 3.59. The summed E-state index contributed by atoms with van der Waals surface area (Å²) in [7, 11) is 1.72. The van der Waals surface area contributed by atoms with Crippen LogP contribution in [0.4, 0.5) is 0 Å². The van der Waals surface area contributed by atoms with Gasteiger partial charge in [0.25, 0.3) is 0 Å². The molecule has 0 aromatic heterocycles. The van der Waals surface area contributed by atoms with E-state index < -0.39 is 0 Å². The Labute approximate surface area is 76.3 Å². The van der Waals surface area contributed by atoms with Crippen LogP contribution in [0.3, 0.4) is 0 Å². The van der Waals surface area contributed by atoms with E-state index in [-0.39, 0.29) is 23.5 Å². The number of rotatable bonds is 6. The van der Waals surface area contributed by atoms with Crippen LogP contribution < -0.4 is 11.1 Å². The Kier molecular flexibility index (Phi) is 5.74. The zero-order chi connectivity index (χ0) is 9.56. The minimum atomic E-state index is -0.349. The van der Waals surface area contributed by atoms with Crippen LogP contribution >= 0.6 is 11.8 Å². The van der Waals surface area contributed by atoms with Crippen LogP contribution in [0, 0.1) is 0 Å². The van der Waals surface area contributed by atoms with Crippen molar-refractivity contribution in [2.24, 2.45) is 5.73 Å². The number of primary amides is 1. The second-order valence-corrected chi connectivity index (χ2v) is 3.46. The Bertz CT molecular complexity index is 173. The van der Waals surface area contributed by atoms with Crippen molar-refractivity contribution >= 4 is 23.5 Å². The molecule has 1 atom stereocenters. The number of carbonyl (C=O) groups excluding carboxylic acids is 2. The van der Waals surface area contributed by atoms with Crippen molar-refractivity contribution in [2.45, 2.75) is 13.0 Å². The molecule has 0 fully saturated rings. The molecule has 0 rings (SSSR count). The van der Waals surface area contributed by atoms with Crippen LogP contribution in [0.2, 0.25) is 0 Å². The predicted molar refractivity (Wildman–Crippen MR) is 50.0 cm³/mol. The molecule has 3 N–H and O–H groups in total. The number of Topliss-reactive ketones (excluding diaryl/α,β-unsaturated/α-hetero) is 1. The molecule has 0 radical (unpaired) electrons. The lowest BCUT2D eigenvalue weighted by Crippen LogP contribution is -2.35. The van der Waals surface area contributed by atoms with E-state index >= 15 is 0 Å². The van der Waals surface area contributed by atoms with Gasteiger partial charge in [0.2, 0.25) is 5.91 Å². The zero-order valence-electron chi connectivity index (χ0n) is 7.29. The summed E-state index contributed by atoms with van der Waals surface area (Å²) in [6, 6.07) is -0.172. The summed E-state index contributed by atoms with van der Waals surface area (Å²) in [4.78, 5) is 21.2. The highest BCUT2D eigenvalue weighted by Gasteiger charge is 2.11. The normalized spacial score (nSPS) is 12.5. The van der Waals surface area contributed by atoms with Gasteiger partial charge in [0, 0.05) is 5.75 Å². The molecule has 1 amide bonds. The molecule has 0 aliphatic rings. The fourth-order valence-corrected chi connectivity index (χ4v) is 1.64. The molecule has 0 aliphatic carbocycles. The van der Waals surface area contributed by atoms with Crippen LogP contribution in [0.1, 0.15) is 6.92 Å². The second-order valence-electron chi connectivity index (χ2n) is 2.43. The molecule has 0 saturated carbocycles. The van der Waals surface area contributed by atoms with Crippen molar-refractivity contribution in [3.05, 3.63) is 0 Å². The maximum absolute atomic E-state index is 10.9.